The maximum atomic E-state index is 5.18. The summed E-state index contributed by atoms with van der Waals surface area (Å²) in [5.74, 6) is 0. The van der Waals surface area contributed by atoms with Crippen LogP contribution in [0.5, 0.6) is 0 Å². The van der Waals surface area contributed by atoms with E-state index in [4.69, 9.17) is 21.7 Å². The molecule has 1 aromatic carbocycles. The van der Waals surface area contributed by atoms with Crippen molar-refractivity contribution in [3.8, 4) is 0 Å². The lowest BCUT2D eigenvalue weighted by Gasteiger charge is -2.06. The number of rotatable bonds is 3. The van der Waals surface area contributed by atoms with Crippen LogP contribution in [0.2, 0.25) is 0 Å². The predicted octanol–water partition coefficient (Wildman–Crippen LogP) is 2.52. The SMILES string of the molecule is CCOC(=S)OCc1ccccc1. The fourth-order valence-corrected chi connectivity index (χ4v) is 1.05. The minimum absolute atomic E-state index is 0.214. The van der Waals surface area contributed by atoms with Crippen molar-refractivity contribution in [2.24, 2.45) is 0 Å². The largest absolute Gasteiger partial charge is 0.457 e. The zero-order valence-electron chi connectivity index (χ0n) is 7.53. The predicted molar refractivity (Wildman–Crippen MR) is 55.5 cm³/mol. The maximum Gasteiger partial charge on any atom is 0.352 e. The molecule has 0 spiro atoms. The van der Waals surface area contributed by atoms with Gasteiger partial charge in [0, 0.05) is 12.2 Å². The third-order valence-electron chi connectivity index (χ3n) is 1.46. The van der Waals surface area contributed by atoms with E-state index in [9.17, 15) is 0 Å². The molecule has 70 valence electrons. The van der Waals surface area contributed by atoms with Crippen molar-refractivity contribution >= 4 is 17.5 Å². The van der Waals surface area contributed by atoms with Gasteiger partial charge < -0.3 is 9.47 Å². The molecule has 0 radical (unpaired) electrons. The Hall–Kier alpha value is -1.09. The summed E-state index contributed by atoms with van der Waals surface area (Å²) >= 11 is 4.81. The molecule has 0 heterocycles. The number of benzene rings is 1. The Balaban J connectivity index is 2.31. The molecular formula is C10H12O2S. The lowest BCUT2D eigenvalue weighted by molar-refractivity contribution is 0.177. The van der Waals surface area contributed by atoms with E-state index in [1.54, 1.807) is 0 Å². The molecule has 0 N–H and O–H groups in total. The van der Waals surface area contributed by atoms with Crippen LogP contribution in [-0.2, 0) is 16.1 Å². The van der Waals surface area contributed by atoms with Gasteiger partial charge >= 0.3 is 5.24 Å². The summed E-state index contributed by atoms with van der Waals surface area (Å²) in [5.41, 5.74) is 1.09. The summed E-state index contributed by atoms with van der Waals surface area (Å²) in [7, 11) is 0. The molecule has 0 atom stereocenters. The second kappa shape index (κ2) is 5.54. The molecule has 0 bridgehead atoms. The number of hydrogen-bond acceptors (Lipinski definition) is 3. The summed E-state index contributed by atoms with van der Waals surface area (Å²) in [6.07, 6.45) is 0. The van der Waals surface area contributed by atoms with Crippen LogP contribution in [0.4, 0.5) is 0 Å². The molecule has 0 saturated carbocycles. The average molecular weight is 196 g/mol. The highest BCUT2D eigenvalue weighted by Gasteiger charge is 1.96. The highest BCUT2D eigenvalue weighted by molar-refractivity contribution is 7.79. The quantitative estimate of drug-likeness (QED) is 0.692. The third kappa shape index (κ3) is 3.90. The molecule has 0 aromatic heterocycles. The lowest BCUT2D eigenvalue weighted by Crippen LogP contribution is -2.06. The molecule has 0 unspecified atom stereocenters. The van der Waals surface area contributed by atoms with E-state index in [1.165, 1.54) is 0 Å². The summed E-state index contributed by atoms with van der Waals surface area (Å²) in [5, 5.41) is 0.214. The van der Waals surface area contributed by atoms with E-state index in [2.05, 4.69) is 0 Å². The molecule has 1 aromatic rings. The van der Waals surface area contributed by atoms with Gasteiger partial charge in [-0.2, -0.15) is 0 Å². The highest BCUT2D eigenvalue weighted by atomic mass is 32.1. The summed E-state index contributed by atoms with van der Waals surface area (Å²) in [6.45, 7) is 2.89. The van der Waals surface area contributed by atoms with Gasteiger partial charge in [-0.15, -0.1) is 0 Å². The molecule has 0 fully saturated rings. The normalized spacial score (nSPS) is 9.31. The Bertz CT molecular complexity index is 259. The second-order valence-corrected chi connectivity index (χ2v) is 2.79. The third-order valence-corrected chi connectivity index (χ3v) is 1.70. The van der Waals surface area contributed by atoms with Gasteiger partial charge in [-0.3, -0.25) is 0 Å². The first-order valence-corrected chi connectivity index (χ1v) is 4.57. The van der Waals surface area contributed by atoms with E-state index < -0.39 is 0 Å². The van der Waals surface area contributed by atoms with Crippen molar-refractivity contribution in [1.29, 1.82) is 0 Å². The first kappa shape index (κ1) is 9.99. The standard InChI is InChI=1S/C10H12O2S/c1-2-11-10(13)12-8-9-6-4-3-5-7-9/h3-7H,2,8H2,1H3. The number of hydrogen-bond donors (Lipinski definition) is 0. The van der Waals surface area contributed by atoms with Gasteiger partial charge in [0.2, 0.25) is 0 Å². The van der Waals surface area contributed by atoms with Crippen molar-refractivity contribution < 1.29 is 9.47 Å². The summed E-state index contributed by atoms with van der Waals surface area (Å²) in [6, 6.07) is 9.85. The molecule has 0 aliphatic heterocycles. The maximum absolute atomic E-state index is 5.18. The fourth-order valence-electron chi connectivity index (χ4n) is 0.876. The summed E-state index contributed by atoms with van der Waals surface area (Å²) < 4.78 is 10.2. The Morgan fingerprint density at radius 3 is 2.54 bits per heavy atom. The van der Waals surface area contributed by atoms with Gasteiger partial charge in [0.15, 0.2) is 0 Å². The van der Waals surface area contributed by atoms with Crippen LogP contribution in [0.15, 0.2) is 30.3 Å². The zero-order chi connectivity index (χ0) is 9.52. The Morgan fingerprint density at radius 1 is 1.23 bits per heavy atom. The molecule has 3 heteroatoms. The van der Waals surface area contributed by atoms with Crippen LogP contribution in [0.25, 0.3) is 0 Å². The van der Waals surface area contributed by atoms with Crippen LogP contribution in [0.1, 0.15) is 12.5 Å². The van der Waals surface area contributed by atoms with Crippen molar-refractivity contribution in [3.63, 3.8) is 0 Å². The van der Waals surface area contributed by atoms with Crippen LogP contribution in [0.3, 0.4) is 0 Å². The average Bonchev–Trinajstić information content (AvgIpc) is 2.17. The molecule has 0 aliphatic rings. The molecule has 2 nitrogen and oxygen atoms in total. The second-order valence-electron chi connectivity index (χ2n) is 2.46. The highest BCUT2D eigenvalue weighted by Crippen LogP contribution is 2.01. The molecule has 1 rings (SSSR count). The van der Waals surface area contributed by atoms with Crippen molar-refractivity contribution in [2.75, 3.05) is 6.61 Å². The lowest BCUT2D eigenvalue weighted by atomic mass is 10.2. The van der Waals surface area contributed by atoms with Crippen molar-refractivity contribution in [3.05, 3.63) is 35.9 Å². The van der Waals surface area contributed by atoms with E-state index in [1.807, 2.05) is 37.3 Å². The van der Waals surface area contributed by atoms with Crippen molar-refractivity contribution in [2.45, 2.75) is 13.5 Å². The first-order chi connectivity index (χ1) is 6.33. The van der Waals surface area contributed by atoms with Crippen LogP contribution >= 0.6 is 12.2 Å². The van der Waals surface area contributed by atoms with Gasteiger partial charge in [-0.25, -0.2) is 0 Å². The zero-order valence-corrected chi connectivity index (χ0v) is 8.34. The van der Waals surface area contributed by atoms with E-state index in [0.717, 1.165) is 5.56 Å². The van der Waals surface area contributed by atoms with Crippen LogP contribution in [0, 0.1) is 0 Å². The van der Waals surface area contributed by atoms with E-state index in [-0.39, 0.29) is 5.24 Å². The summed E-state index contributed by atoms with van der Waals surface area (Å²) in [4.78, 5) is 0. The van der Waals surface area contributed by atoms with Gasteiger partial charge in [-0.05, 0) is 12.5 Å². The van der Waals surface area contributed by atoms with Crippen molar-refractivity contribution in [1.82, 2.24) is 0 Å². The topological polar surface area (TPSA) is 18.5 Å². The van der Waals surface area contributed by atoms with Crippen LogP contribution < -0.4 is 0 Å². The molecule has 13 heavy (non-hydrogen) atoms. The van der Waals surface area contributed by atoms with E-state index in [0.29, 0.717) is 13.2 Å². The minimum atomic E-state index is 0.214. The smallest absolute Gasteiger partial charge is 0.352 e. The molecule has 0 aliphatic carbocycles. The number of thiocarbonyl (C=S) groups is 1. The fraction of sp³-hybridized carbons (Fsp3) is 0.300. The van der Waals surface area contributed by atoms with Crippen LogP contribution in [-0.4, -0.2) is 11.8 Å². The number of ether oxygens (including phenoxy) is 2. The molecule has 0 saturated heterocycles. The van der Waals surface area contributed by atoms with Gasteiger partial charge in [0.1, 0.15) is 6.61 Å². The molecule has 0 amide bonds. The molecular weight excluding hydrogens is 184 g/mol. The first-order valence-electron chi connectivity index (χ1n) is 4.16. The van der Waals surface area contributed by atoms with Gasteiger partial charge in [0.05, 0.1) is 6.61 Å². The van der Waals surface area contributed by atoms with Gasteiger partial charge in [-0.1, -0.05) is 30.3 Å². The minimum Gasteiger partial charge on any atom is -0.457 e. The Kier molecular flexibility index (Phi) is 4.26. The van der Waals surface area contributed by atoms with E-state index >= 15 is 0 Å². The Labute approximate surface area is 83.5 Å². The Morgan fingerprint density at radius 2 is 1.92 bits per heavy atom. The monoisotopic (exact) mass is 196 g/mol. The van der Waals surface area contributed by atoms with Gasteiger partial charge in [0.25, 0.3) is 0 Å².